The number of pyridine rings is 1. The van der Waals surface area contributed by atoms with Crippen molar-refractivity contribution in [2.24, 2.45) is 0 Å². The van der Waals surface area contributed by atoms with Crippen molar-refractivity contribution in [3.05, 3.63) is 71.9 Å². The number of rotatable bonds is 1. The lowest BCUT2D eigenvalue weighted by molar-refractivity contribution is 0.414. The number of fused-ring (bicyclic) bond motifs is 1. The first kappa shape index (κ1) is 12.3. The third-order valence-electron chi connectivity index (χ3n) is 3.04. The molecule has 2 aromatic carbocycles. The SMILES string of the molecule is COc1cccc(C#Cc2cccc3cccnc23)c1. The Morgan fingerprint density at radius 1 is 0.950 bits per heavy atom. The molecule has 0 radical (unpaired) electrons. The van der Waals surface area contributed by atoms with Crippen LogP contribution in [0, 0.1) is 11.8 Å². The molecule has 96 valence electrons. The fourth-order valence-corrected chi connectivity index (χ4v) is 2.05. The van der Waals surface area contributed by atoms with Crippen molar-refractivity contribution in [3.63, 3.8) is 0 Å². The highest BCUT2D eigenvalue weighted by molar-refractivity contribution is 5.84. The van der Waals surface area contributed by atoms with Crippen molar-refractivity contribution >= 4 is 10.9 Å². The van der Waals surface area contributed by atoms with Gasteiger partial charge in [0, 0.05) is 17.1 Å². The molecule has 20 heavy (non-hydrogen) atoms. The van der Waals surface area contributed by atoms with E-state index in [1.165, 1.54) is 0 Å². The molecule has 2 nitrogen and oxygen atoms in total. The van der Waals surface area contributed by atoms with Crippen molar-refractivity contribution in [2.75, 3.05) is 7.11 Å². The van der Waals surface area contributed by atoms with Crippen LogP contribution >= 0.6 is 0 Å². The molecular weight excluding hydrogens is 246 g/mol. The predicted octanol–water partition coefficient (Wildman–Crippen LogP) is 3.64. The molecule has 0 atom stereocenters. The highest BCUT2D eigenvalue weighted by Gasteiger charge is 1.98. The van der Waals surface area contributed by atoms with Crippen LogP contribution in [0.4, 0.5) is 0 Å². The molecule has 0 aliphatic carbocycles. The van der Waals surface area contributed by atoms with Crippen molar-refractivity contribution in [1.29, 1.82) is 0 Å². The molecule has 0 saturated carbocycles. The number of hydrogen-bond donors (Lipinski definition) is 0. The summed E-state index contributed by atoms with van der Waals surface area (Å²) in [6, 6.07) is 17.7. The van der Waals surface area contributed by atoms with E-state index >= 15 is 0 Å². The molecule has 0 saturated heterocycles. The molecule has 2 heteroatoms. The van der Waals surface area contributed by atoms with Gasteiger partial charge in [-0.1, -0.05) is 36.1 Å². The van der Waals surface area contributed by atoms with E-state index in [0.29, 0.717) is 0 Å². The van der Waals surface area contributed by atoms with Crippen LogP contribution in [0.5, 0.6) is 5.75 Å². The molecule has 0 aliphatic heterocycles. The summed E-state index contributed by atoms with van der Waals surface area (Å²) < 4.78 is 5.20. The Kier molecular flexibility index (Phi) is 3.34. The lowest BCUT2D eigenvalue weighted by Crippen LogP contribution is -1.84. The molecule has 1 aromatic heterocycles. The molecule has 0 aliphatic rings. The number of aromatic nitrogens is 1. The summed E-state index contributed by atoms with van der Waals surface area (Å²) in [5, 5.41) is 1.10. The smallest absolute Gasteiger partial charge is 0.120 e. The van der Waals surface area contributed by atoms with E-state index in [-0.39, 0.29) is 0 Å². The van der Waals surface area contributed by atoms with Crippen LogP contribution in [0.2, 0.25) is 0 Å². The molecule has 1 heterocycles. The maximum absolute atomic E-state index is 5.20. The molecule has 0 N–H and O–H groups in total. The normalized spacial score (nSPS) is 9.85. The molecule has 3 aromatic rings. The third-order valence-corrected chi connectivity index (χ3v) is 3.04. The molecule has 3 rings (SSSR count). The van der Waals surface area contributed by atoms with Gasteiger partial charge in [-0.3, -0.25) is 4.98 Å². The minimum atomic E-state index is 0.813. The molecule has 0 unspecified atom stereocenters. The highest BCUT2D eigenvalue weighted by Crippen LogP contribution is 2.15. The number of para-hydroxylation sites is 1. The van der Waals surface area contributed by atoms with E-state index in [1.807, 2.05) is 54.6 Å². The zero-order valence-electron chi connectivity index (χ0n) is 11.1. The first-order chi connectivity index (χ1) is 9.86. The fourth-order valence-electron chi connectivity index (χ4n) is 2.05. The Bertz CT molecular complexity index is 807. The minimum absolute atomic E-state index is 0.813. The molecule has 0 spiro atoms. The lowest BCUT2D eigenvalue weighted by atomic mass is 10.1. The van der Waals surface area contributed by atoms with Gasteiger partial charge >= 0.3 is 0 Å². The maximum Gasteiger partial charge on any atom is 0.120 e. The summed E-state index contributed by atoms with van der Waals surface area (Å²) in [6.07, 6.45) is 1.79. The zero-order valence-corrected chi connectivity index (χ0v) is 11.1. The summed E-state index contributed by atoms with van der Waals surface area (Å²) >= 11 is 0. The average Bonchev–Trinajstić information content (AvgIpc) is 2.53. The van der Waals surface area contributed by atoms with Crippen LogP contribution < -0.4 is 4.74 Å². The Labute approximate surface area is 118 Å². The minimum Gasteiger partial charge on any atom is -0.497 e. The monoisotopic (exact) mass is 259 g/mol. The molecule has 0 bridgehead atoms. The Morgan fingerprint density at radius 2 is 1.80 bits per heavy atom. The largest absolute Gasteiger partial charge is 0.497 e. The predicted molar refractivity (Wildman–Crippen MR) is 80.7 cm³/mol. The summed E-state index contributed by atoms with van der Waals surface area (Å²) in [5.41, 5.74) is 2.80. The number of benzene rings is 2. The van der Waals surface area contributed by atoms with Crippen LogP contribution in [-0.2, 0) is 0 Å². The van der Waals surface area contributed by atoms with Crippen LogP contribution in [0.3, 0.4) is 0 Å². The summed E-state index contributed by atoms with van der Waals surface area (Å²) in [4.78, 5) is 4.40. The topological polar surface area (TPSA) is 22.1 Å². The molecule has 0 amide bonds. The molecule has 0 fully saturated rings. The van der Waals surface area contributed by atoms with Crippen molar-refractivity contribution in [1.82, 2.24) is 4.98 Å². The van der Waals surface area contributed by atoms with Gasteiger partial charge < -0.3 is 4.74 Å². The van der Waals surface area contributed by atoms with Crippen molar-refractivity contribution in [2.45, 2.75) is 0 Å². The van der Waals surface area contributed by atoms with Gasteiger partial charge in [-0.15, -0.1) is 0 Å². The van der Waals surface area contributed by atoms with Crippen LogP contribution in [0.1, 0.15) is 11.1 Å². The van der Waals surface area contributed by atoms with Gasteiger partial charge in [0.2, 0.25) is 0 Å². The maximum atomic E-state index is 5.20. The fraction of sp³-hybridized carbons (Fsp3) is 0.0556. The Morgan fingerprint density at radius 3 is 2.70 bits per heavy atom. The average molecular weight is 259 g/mol. The highest BCUT2D eigenvalue weighted by atomic mass is 16.5. The lowest BCUT2D eigenvalue weighted by Gasteiger charge is -1.99. The van der Waals surface area contributed by atoms with E-state index in [9.17, 15) is 0 Å². The summed E-state index contributed by atoms with van der Waals surface area (Å²) in [7, 11) is 1.65. The quantitative estimate of drug-likeness (QED) is 0.622. The van der Waals surface area contributed by atoms with Crippen LogP contribution in [-0.4, -0.2) is 12.1 Å². The van der Waals surface area contributed by atoms with Gasteiger partial charge in [-0.2, -0.15) is 0 Å². The van der Waals surface area contributed by atoms with Gasteiger partial charge in [0.1, 0.15) is 5.75 Å². The van der Waals surface area contributed by atoms with Gasteiger partial charge in [-0.25, -0.2) is 0 Å². The standard InChI is InChI=1S/C18H13NO/c1-20-17-9-2-5-14(13-17)10-11-16-7-3-6-15-8-4-12-19-18(15)16/h2-9,12-13H,1H3. The Balaban J connectivity index is 2.03. The first-order valence-electron chi connectivity index (χ1n) is 6.36. The van der Waals surface area contributed by atoms with E-state index < -0.39 is 0 Å². The summed E-state index contributed by atoms with van der Waals surface area (Å²) in [5.74, 6) is 7.16. The number of hydrogen-bond acceptors (Lipinski definition) is 2. The second-order valence-corrected chi connectivity index (χ2v) is 4.36. The van der Waals surface area contributed by atoms with Crippen molar-refractivity contribution in [3.8, 4) is 17.6 Å². The summed E-state index contributed by atoms with van der Waals surface area (Å²) in [6.45, 7) is 0. The van der Waals surface area contributed by atoms with Gasteiger partial charge in [0.25, 0.3) is 0 Å². The van der Waals surface area contributed by atoms with Gasteiger partial charge in [0.05, 0.1) is 18.2 Å². The van der Waals surface area contributed by atoms with E-state index in [1.54, 1.807) is 13.3 Å². The molecular formula is C18H13NO. The first-order valence-corrected chi connectivity index (χ1v) is 6.36. The van der Waals surface area contributed by atoms with E-state index in [2.05, 4.69) is 16.8 Å². The van der Waals surface area contributed by atoms with Gasteiger partial charge in [0.15, 0.2) is 0 Å². The Hall–Kier alpha value is -2.79. The number of methoxy groups -OCH3 is 1. The van der Waals surface area contributed by atoms with Crippen LogP contribution in [0.25, 0.3) is 10.9 Å². The van der Waals surface area contributed by atoms with Gasteiger partial charge in [-0.05, 0) is 30.3 Å². The number of ether oxygens (including phenoxy) is 1. The second-order valence-electron chi connectivity index (χ2n) is 4.36. The zero-order chi connectivity index (χ0) is 13.8. The number of nitrogens with zero attached hydrogens (tertiary/aromatic N) is 1. The van der Waals surface area contributed by atoms with E-state index in [0.717, 1.165) is 27.8 Å². The van der Waals surface area contributed by atoms with E-state index in [4.69, 9.17) is 4.74 Å². The van der Waals surface area contributed by atoms with Crippen LogP contribution in [0.15, 0.2) is 60.8 Å². The third kappa shape index (κ3) is 2.48. The second kappa shape index (κ2) is 5.46. The van der Waals surface area contributed by atoms with Crippen molar-refractivity contribution < 1.29 is 4.74 Å².